The summed E-state index contributed by atoms with van der Waals surface area (Å²) in [5, 5.41) is 12.4. The van der Waals surface area contributed by atoms with Crippen molar-refractivity contribution in [3.8, 4) is 46.0 Å². The Labute approximate surface area is 840 Å². The van der Waals surface area contributed by atoms with Crippen LogP contribution in [0.15, 0.2) is 72.8 Å². The number of aldehydes is 1. The zero-order valence-electron chi connectivity index (χ0n) is 86.4. The van der Waals surface area contributed by atoms with Crippen molar-refractivity contribution in [3.63, 3.8) is 0 Å². The molecule has 0 aliphatic carbocycles. The molecular formula is C114H150ClN11O15. The molecule has 26 nitrogen and oxygen atoms in total. The Morgan fingerprint density at radius 1 is 0.404 bits per heavy atom. The van der Waals surface area contributed by atoms with E-state index in [-0.39, 0.29) is 36.2 Å². The van der Waals surface area contributed by atoms with Crippen molar-refractivity contribution in [2.45, 2.75) is 214 Å². The molecule has 12 aliphatic rings. The van der Waals surface area contributed by atoms with E-state index in [0.717, 1.165) is 256 Å². The minimum Gasteiger partial charge on any atom is -1.00 e. The van der Waals surface area contributed by atoms with Crippen LogP contribution in [0.25, 0.3) is 5.57 Å². The number of halogens is 1. The molecule has 0 bridgehead atoms. The van der Waals surface area contributed by atoms with E-state index in [1.54, 1.807) is 21.1 Å². The van der Waals surface area contributed by atoms with E-state index in [1.807, 2.05) is 58.2 Å². The molecule has 27 heteroatoms. The minimum atomic E-state index is -0.171. The largest absolute Gasteiger partial charge is 1.00 e. The van der Waals surface area contributed by atoms with Gasteiger partial charge in [-0.25, -0.2) is 4.58 Å². The lowest BCUT2D eigenvalue weighted by Gasteiger charge is -2.43. The number of carbonyl (C=O) groups is 4. The molecular weight excluding hydrogens is 1800 g/mol. The average molecular weight is 1950 g/mol. The molecule has 0 saturated carbocycles. The Balaban J connectivity index is 0.000000154. The number of fused-ring (bicyclic) bond motifs is 8. The number of nitrogens with zero attached hydrogens (tertiary/aromatic N) is 11. The summed E-state index contributed by atoms with van der Waals surface area (Å²) in [5.74, 6) is 6.70. The Kier molecular flexibility index (Phi) is 34.5. The maximum atomic E-state index is 12.2. The topological polar surface area (TPSA) is 232 Å². The molecule has 758 valence electrons. The molecule has 0 saturated heterocycles. The van der Waals surface area contributed by atoms with Crippen LogP contribution in [0.4, 0.5) is 56.9 Å². The van der Waals surface area contributed by atoms with Gasteiger partial charge in [-0.1, -0.05) is 6.07 Å². The number of ether oxygens (including phenoxy) is 8. The van der Waals surface area contributed by atoms with E-state index in [0.29, 0.717) is 62.6 Å². The summed E-state index contributed by atoms with van der Waals surface area (Å²) in [6.07, 6.45) is 27.0. The zero-order valence-corrected chi connectivity index (χ0v) is 87.1. The second kappa shape index (κ2) is 46.9. The van der Waals surface area contributed by atoms with Crippen molar-refractivity contribution in [1.82, 2.24) is 4.58 Å². The average Bonchev–Trinajstić information content (AvgIpc) is 0.710. The Morgan fingerprint density at radius 2 is 0.787 bits per heavy atom. The number of aromatic hydroxyl groups is 1. The number of hydrogen-bond donors (Lipinski definition) is 1. The lowest BCUT2D eigenvalue weighted by molar-refractivity contribution is -0.144. The molecule has 0 spiro atoms. The third-order valence-electron chi connectivity index (χ3n) is 30.5. The number of hydrogen-bond acceptors (Lipinski definition) is 25. The quantitative estimate of drug-likeness (QED) is 0.0191. The van der Waals surface area contributed by atoms with Crippen molar-refractivity contribution < 1.29 is 74.6 Å². The summed E-state index contributed by atoms with van der Waals surface area (Å²) in [7, 11) is 17.6. The summed E-state index contributed by atoms with van der Waals surface area (Å²) in [4.78, 5) is 84.8. The summed E-state index contributed by atoms with van der Waals surface area (Å²) in [6.45, 7) is 29.3. The van der Waals surface area contributed by atoms with Crippen LogP contribution >= 0.6 is 0 Å². The van der Waals surface area contributed by atoms with Crippen LogP contribution in [0.5, 0.6) is 46.0 Å². The molecule has 0 atom stereocenters. The second-order valence-corrected chi connectivity index (χ2v) is 39.6. The minimum absolute atomic E-state index is 0. The van der Waals surface area contributed by atoms with Gasteiger partial charge in [0.25, 0.3) is 0 Å². The SMILES string of the molecule is CCOC(=O)CCCN(CC)c1cc(OC)c(C2=c3cc4c5c(c3Oc3c2cc2c6c3CCCN6CCC2)CCC[N+]=5CCC4)cc1N(C)C.CCOC(=O)CCCN(CC)c1cc(OC)c(C2c3cc4c5c(c3Oc3c2cc2c6c3CCCN6CCC2)CCCN5CCC4)cc1N(C)C.CCOC(=O)CCCN(CC)c1cc(OC)c(C=O)cc1N(C)C.O=O.Oc1ccc2c3c1CCCN3CCC2.[Cl-]. The molecule has 0 unspecified atom stereocenters. The van der Waals surface area contributed by atoms with Crippen LogP contribution in [0.1, 0.15) is 244 Å². The first-order chi connectivity index (χ1) is 68.2. The number of esters is 3. The van der Waals surface area contributed by atoms with Gasteiger partial charge >= 0.3 is 17.9 Å². The maximum absolute atomic E-state index is 12.2. The predicted molar refractivity (Wildman–Crippen MR) is 564 cm³/mol. The molecule has 12 aliphatic heterocycles. The van der Waals surface area contributed by atoms with Gasteiger partial charge in [-0.05, 0) is 247 Å². The van der Waals surface area contributed by atoms with Gasteiger partial charge in [-0.2, -0.15) is 0 Å². The Bertz CT molecular complexity index is 5940. The molecule has 0 amide bonds. The molecule has 8 aromatic carbocycles. The Hall–Kier alpha value is -11.8. The van der Waals surface area contributed by atoms with Crippen molar-refractivity contribution in [2.24, 2.45) is 0 Å². The van der Waals surface area contributed by atoms with E-state index in [1.165, 1.54) is 188 Å². The third-order valence-corrected chi connectivity index (χ3v) is 30.5. The highest BCUT2D eigenvalue weighted by Gasteiger charge is 2.44. The fourth-order valence-corrected chi connectivity index (χ4v) is 24.4. The van der Waals surface area contributed by atoms with Crippen molar-refractivity contribution in [2.75, 3.05) is 237 Å². The van der Waals surface area contributed by atoms with Crippen molar-refractivity contribution in [3.05, 3.63) is 182 Å². The highest BCUT2D eigenvalue weighted by molar-refractivity contribution is 5.95. The molecule has 20 rings (SSSR count). The third kappa shape index (κ3) is 21.2. The predicted octanol–water partition coefficient (Wildman–Crippen LogP) is 14.9. The van der Waals surface area contributed by atoms with Crippen LogP contribution in [0, 0.1) is 9.93 Å². The standard InChI is InChI=1S/C42H54N4O4.C42H53N4O4.C18H28N2O4.C12H15NO.ClH.O2/c2*1-6-44(18-12-17-37(47)49-7-2)35-26-36(48-5)31(25-34(35)43(3)4)38-32-23-27-13-8-19-45-21-10-15-29(39(27)45)41(32)50-42-30-16-11-22-46-20-9-14-28(40(30)46)24-33(38)42;1-6-20(10-8-9-18(22)24-7-2)16-12-17(23-5)14(13-21)11-15(16)19(3)4;14-11-6-5-9-3-1-7-13-8-2-4-10(11)12(9)13;;1-2/h23-26,38H,6-22H2,1-5H3;23-26H,6-22H2,1-5H3;11-13H,6-10H2,1-5H3;5-6,14H,1-4,7-8H2;1H;/q;+1;;;;/p-1. The normalized spacial score (nSPS) is 15.8. The summed E-state index contributed by atoms with van der Waals surface area (Å²) < 4.78 is 50.8. The first kappa shape index (κ1) is 104. The van der Waals surface area contributed by atoms with Crippen molar-refractivity contribution in [1.29, 1.82) is 0 Å². The molecule has 1 N–H and O–H groups in total. The van der Waals surface area contributed by atoms with Crippen LogP contribution in [-0.2, 0) is 92.8 Å². The van der Waals surface area contributed by atoms with Crippen molar-refractivity contribution >= 4 is 86.6 Å². The van der Waals surface area contributed by atoms with E-state index in [2.05, 4.69) is 152 Å². The number of rotatable bonds is 30. The molecule has 8 aromatic rings. The monoisotopic (exact) mass is 1950 g/mol. The van der Waals surface area contributed by atoms with Gasteiger partial charge < -0.3 is 104 Å². The Morgan fingerprint density at radius 3 is 1.23 bits per heavy atom. The lowest BCUT2D eigenvalue weighted by atomic mass is 9.75. The van der Waals surface area contributed by atoms with E-state index in [4.69, 9.17) is 47.8 Å². The number of aryl methyl sites for hydroxylation is 5. The number of carbonyl (C=O) groups excluding carboxylic acids is 4. The fraction of sp³-hybridized carbons (Fsp3) is 0.535. The lowest BCUT2D eigenvalue weighted by Crippen LogP contribution is -3.00. The molecule has 0 radical (unpaired) electrons. The number of phenolic OH excluding ortho intramolecular Hbond substituents is 1. The second-order valence-electron chi connectivity index (χ2n) is 39.6. The fourth-order valence-electron chi connectivity index (χ4n) is 24.4. The summed E-state index contributed by atoms with van der Waals surface area (Å²) in [6, 6.07) is 26.8. The number of phenols is 1. The van der Waals surface area contributed by atoms with Crippen LogP contribution in [0.2, 0.25) is 0 Å². The molecule has 12 heterocycles. The number of anilines is 10. The van der Waals surface area contributed by atoms with Crippen LogP contribution in [-0.4, -0.2) is 217 Å². The number of methoxy groups -OCH3 is 3. The van der Waals surface area contributed by atoms with Gasteiger partial charge in [-0.15, -0.1) is 0 Å². The summed E-state index contributed by atoms with van der Waals surface area (Å²) >= 11 is 0. The van der Waals surface area contributed by atoms with E-state index < -0.39 is 0 Å². The summed E-state index contributed by atoms with van der Waals surface area (Å²) in [5.41, 5.74) is 34.1. The van der Waals surface area contributed by atoms with Gasteiger partial charge in [0.15, 0.2) is 6.29 Å². The zero-order chi connectivity index (χ0) is 98.7. The molecule has 141 heavy (non-hydrogen) atoms. The molecule has 0 fully saturated rings. The first-order valence-electron chi connectivity index (χ1n) is 52.3. The van der Waals surface area contributed by atoms with E-state index in [9.17, 15) is 24.3 Å². The van der Waals surface area contributed by atoms with Gasteiger partial charge in [0.2, 0.25) is 5.36 Å². The smallest absolute Gasteiger partial charge is 0.305 e. The van der Waals surface area contributed by atoms with Gasteiger partial charge in [0, 0.05) is 289 Å². The maximum Gasteiger partial charge on any atom is 0.305 e. The van der Waals surface area contributed by atoms with Crippen LogP contribution in [0.3, 0.4) is 0 Å². The van der Waals surface area contributed by atoms with Crippen LogP contribution < -0.4 is 100 Å². The number of benzene rings is 8. The first-order valence-corrected chi connectivity index (χ1v) is 52.3. The highest BCUT2D eigenvalue weighted by Crippen LogP contribution is 2.60. The molecule has 0 aromatic heterocycles. The van der Waals surface area contributed by atoms with E-state index >= 15 is 0 Å². The van der Waals surface area contributed by atoms with Gasteiger partial charge in [0.1, 0.15) is 59.1 Å². The van der Waals surface area contributed by atoms with Gasteiger partial charge in [0.05, 0.1) is 86.4 Å². The van der Waals surface area contributed by atoms with Gasteiger partial charge in [-0.3, -0.25) is 19.2 Å². The highest BCUT2D eigenvalue weighted by atomic mass is 35.5.